The van der Waals surface area contributed by atoms with Crippen LogP contribution in [0.25, 0.3) is 0 Å². The molecule has 1 atom stereocenters. The third-order valence-electron chi connectivity index (χ3n) is 2.91. The van der Waals surface area contributed by atoms with Crippen molar-refractivity contribution < 1.29 is 4.79 Å². The maximum absolute atomic E-state index is 11.6. The number of hydrogen-bond acceptors (Lipinski definition) is 2. The van der Waals surface area contributed by atoms with E-state index in [0.717, 1.165) is 24.8 Å². The number of carbonyl (C=O) groups excluding carboxylic acids is 1. The topological polar surface area (TPSA) is 52.9 Å². The molecule has 1 aromatic rings. The van der Waals surface area contributed by atoms with Gasteiger partial charge in [0.2, 0.25) is 5.91 Å². The van der Waals surface area contributed by atoms with Crippen LogP contribution in [0.15, 0.2) is 24.3 Å². The zero-order chi connectivity index (χ0) is 13.4. The van der Waals surface area contributed by atoms with E-state index in [1.165, 1.54) is 5.56 Å². The van der Waals surface area contributed by atoms with Crippen molar-refractivity contribution in [3.05, 3.63) is 35.4 Å². The summed E-state index contributed by atoms with van der Waals surface area (Å²) in [5, 5.41) is 11.9. The highest BCUT2D eigenvalue weighted by molar-refractivity contribution is 5.76. The normalized spacial score (nSPS) is 11.6. The lowest BCUT2D eigenvalue weighted by atomic mass is 10.0. The zero-order valence-corrected chi connectivity index (χ0v) is 11.1. The highest BCUT2D eigenvalue weighted by Gasteiger charge is 2.12. The molecule has 0 aromatic heterocycles. The molecule has 3 heteroatoms. The van der Waals surface area contributed by atoms with Gasteiger partial charge < -0.3 is 5.32 Å². The number of rotatable bonds is 6. The van der Waals surface area contributed by atoms with E-state index in [-0.39, 0.29) is 5.91 Å². The molecule has 3 nitrogen and oxygen atoms in total. The van der Waals surface area contributed by atoms with Gasteiger partial charge in [0.1, 0.15) is 6.04 Å². The van der Waals surface area contributed by atoms with Crippen molar-refractivity contribution in [2.45, 2.75) is 45.6 Å². The third kappa shape index (κ3) is 4.21. The van der Waals surface area contributed by atoms with E-state index in [1.807, 2.05) is 31.2 Å². The van der Waals surface area contributed by atoms with Crippen molar-refractivity contribution >= 4 is 5.91 Å². The van der Waals surface area contributed by atoms with Gasteiger partial charge in [0.05, 0.1) is 6.07 Å². The number of aryl methyl sites for hydroxylation is 1. The molecule has 0 fully saturated rings. The third-order valence-corrected chi connectivity index (χ3v) is 2.91. The molecule has 0 aliphatic rings. The maximum Gasteiger partial charge on any atom is 0.221 e. The summed E-state index contributed by atoms with van der Waals surface area (Å²) in [7, 11) is 0. The molecule has 0 aliphatic heterocycles. The molecule has 0 aliphatic carbocycles. The van der Waals surface area contributed by atoms with Gasteiger partial charge in [-0.1, -0.05) is 44.5 Å². The number of nitrogens with one attached hydrogen (secondary N) is 1. The second kappa shape index (κ2) is 7.50. The molecule has 1 N–H and O–H groups in total. The number of nitrogens with zero attached hydrogens (tertiary/aromatic N) is 1. The minimum Gasteiger partial charge on any atom is -0.337 e. The fourth-order valence-electron chi connectivity index (χ4n) is 1.71. The van der Waals surface area contributed by atoms with Crippen LogP contribution in [0.5, 0.6) is 0 Å². The SMILES string of the molecule is CCCCC(=O)NC(C#N)c1ccc(CC)cc1. The summed E-state index contributed by atoms with van der Waals surface area (Å²) in [6.07, 6.45) is 3.30. The van der Waals surface area contributed by atoms with Gasteiger partial charge in [-0.15, -0.1) is 0 Å². The first kappa shape index (κ1) is 14.2. The van der Waals surface area contributed by atoms with Crippen LogP contribution in [0.3, 0.4) is 0 Å². The van der Waals surface area contributed by atoms with Crippen LogP contribution in [0.2, 0.25) is 0 Å². The second-order valence-electron chi connectivity index (χ2n) is 4.33. The first-order valence-corrected chi connectivity index (χ1v) is 6.49. The van der Waals surface area contributed by atoms with Gasteiger partial charge in [-0.2, -0.15) is 5.26 Å². The molecule has 1 rings (SSSR count). The molecule has 0 heterocycles. The van der Waals surface area contributed by atoms with E-state index in [0.29, 0.717) is 6.42 Å². The molecular formula is C15H20N2O. The highest BCUT2D eigenvalue weighted by Crippen LogP contribution is 2.14. The van der Waals surface area contributed by atoms with Crippen LogP contribution >= 0.6 is 0 Å². The largest absolute Gasteiger partial charge is 0.337 e. The quantitative estimate of drug-likeness (QED) is 0.835. The van der Waals surface area contributed by atoms with Crippen LogP contribution in [-0.4, -0.2) is 5.91 Å². The molecule has 0 saturated heterocycles. The Hall–Kier alpha value is -1.82. The first-order valence-electron chi connectivity index (χ1n) is 6.49. The first-order chi connectivity index (χ1) is 8.71. The predicted molar refractivity (Wildman–Crippen MR) is 71.8 cm³/mol. The Bertz CT molecular complexity index is 417. The van der Waals surface area contributed by atoms with E-state index in [9.17, 15) is 4.79 Å². The van der Waals surface area contributed by atoms with Crippen LogP contribution in [0, 0.1) is 11.3 Å². The molecule has 1 amide bonds. The maximum atomic E-state index is 11.6. The smallest absolute Gasteiger partial charge is 0.221 e. The molecule has 1 aromatic carbocycles. The van der Waals surface area contributed by atoms with Gasteiger partial charge in [-0.3, -0.25) is 4.79 Å². The number of hydrogen-bond donors (Lipinski definition) is 1. The Kier molecular flexibility index (Phi) is 5.93. The van der Waals surface area contributed by atoms with Gasteiger partial charge in [0.25, 0.3) is 0 Å². The molecule has 0 radical (unpaired) electrons. The standard InChI is InChI=1S/C15H20N2O/c1-3-5-6-15(18)17-14(11-16)13-9-7-12(4-2)8-10-13/h7-10,14H,3-6H2,1-2H3,(H,17,18). The van der Waals surface area contributed by atoms with E-state index in [4.69, 9.17) is 5.26 Å². The minimum absolute atomic E-state index is 0.0528. The average molecular weight is 244 g/mol. The van der Waals surface area contributed by atoms with Crippen molar-refractivity contribution in [2.75, 3.05) is 0 Å². The molecule has 18 heavy (non-hydrogen) atoms. The summed E-state index contributed by atoms with van der Waals surface area (Å²) in [6, 6.07) is 9.40. The summed E-state index contributed by atoms with van der Waals surface area (Å²) in [4.78, 5) is 11.6. The number of nitriles is 1. The molecule has 1 unspecified atom stereocenters. The molecule has 0 saturated carbocycles. The Labute approximate surface area is 109 Å². The lowest BCUT2D eigenvalue weighted by Gasteiger charge is -2.12. The van der Waals surface area contributed by atoms with Crippen molar-refractivity contribution in [3.63, 3.8) is 0 Å². The van der Waals surface area contributed by atoms with Crippen molar-refractivity contribution in [3.8, 4) is 6.07 Å². The summed E-state index contributed by atoms with van der Waals surface area (Å²) >= 11 is 0. The summed E-state index contributed by atoms with van der Waals surface area (Å²) < 4.78 is 0. The Morgan fingerprint density at radius 3 is 2.50 bits per heavy atom. The second-order valence-corrected chi connectivity index (χ2v) is 4.33. The van der Waals surface area contributed by atoms with Crippen LogP contribution in [0.1, 0.15) is 50.3 Å². The van der Waals surface area contributed by atoms with Gasteiger partial charge in [-0.25, -0.2) is 0 Å². The highest BCUT2D eigenvalue weighted by atomic mass is 16.1. The van der Waals surface area contributed by atoms with Gasteiger partial charge in [0.15, 0.2) is 0 Å². The fourth-order valence-corrected chi connectivity index (χ4v) is 1.71. The van der Waals surface area contributed by atoms with Crippen LogP contribution < -0.4 is 5.32 Å². The van der Waals surface area contributed by atoms with E-state index >= 15 is 0 Å². The lowest BCUT2D eigenvalue weighted by molar-refractivity contribution is -0.121. The van der Waals surface area contributed by atoms with E-state index in [1.54, 1.807) is 0 Å². The van der Waals surface area contributed by atoms with Crippen molar-refractivity contribution in [2.24, 2.45) is 0 Å². The lowest BCUT2D eigenvalue weighted by Crippen LogP contribution is -2.27. The van der Waals surface area contributed by atoms with Crippen molar-refractivity contribution in [1.29, 1.82) is 5.26 Å². The molecule has 0 spiro atoms. The number of amides is 1. The van der Waals surface area contributed by atoms with Gasteiger partial charge in [0, 0.05) is 6.42 Å². The monoisotopic (exact) mass is 244 g/mol. The van der Waals surface area contributed by atoms with Crippen LogP contribution in [-0.2, 0) is 11.2 Å². The van der Waals surface area contributed by atoms with Gasteiger partial charge in [-0.05, 0) is 24.0 Å². The Morgan fingerprint density at radius 1 is 1.33 bits per heavy atom. The summed E-state index contributed by atoms with van der Waals surface area (Å²) in [6.45, 7) is 4.13. The predicted octanol–water partition coefficient (Wildman–Crippen LogP) is 3.12. The number of benzene rings is 1. The Morgan fingerprint density at radius 2 is 2.00 bits per heavy atom. The average Bonchev–Trinajstić information content (AvgIpc) is 2.42. The van der Waals surface area contributed by atoms with Crippen molar-refractivity contribution in [1.82, 2.24) is 5.32 Å². The number of unbranched alkanes of at least 4 members (excludes halogenated alkanes) is 1. The summed E-state index contributed by atoms with van der Waals surface area (Å²) in [5.74, 6) is -0.0528. The molecule has 0 bridgehead atoms. The minimum atomic E-state index is -0.541. The van der Waals surface area contributed by atoms with E-state index < -0.39 is 6.04 Å². The molecule has 96 valence electrons. The number of carbonyl (C=O) groups is 1. The Balaban J connectivity index is 2.65. The van der Waals surface area contributed by atoms with Crippen LogP contribution in [0.4, 0.5) is 0 Å². The fraction of sp³-hybridized carbons (Fsp3) is 0.467. The zero-order valence-electron chi connectivity index (χ0n) is 11.1. The van der Waals surface area contributed by atoms with E-state index in [2.05, 4.69) is 18.3 Å². The summed E-state index contributed by atoms with van der Waals surface area (Å²) in [5.41, 5.74) is 2.08. The molecular weight excluding hydrogens is 224 g/mol. The van der Waals surface area contributed by atoms with Gasteiger partial charge >= 0.3 is 0 Å².